The molecule has 2 unspecified atom stereocenters. The first-order valence-corrected chi connectivity index (χ1v) is 4.23. The molecule has 0 N–H and O–H groups in total. The molecule has 0 spiro atoms. The van der Waals surface area contributed by atoms with E-state index in [-0.39, 0.29) is 0 Å². The average Bonchev–Trinajstić information content (AvgIpc) is 2.30. The highest BCUT2D eigenvalue weighted by atomic mass is 14.3. The van der Waals surface area contributed by atoms with E-state index in [9.17, 15) is 0 Å². The largest absolute Gasteiger partial charge is 0.0620 e. The minimum Gasteiger partial charge on any atom is -0.0620 e. The summed E-state index contributed by atoms with van der Waals surface area (Å²) in [6.45, 7) is 4.53. The van der Waals surface area contributed by atoms with Gasteiger partial charge >= 0.3 is 0 Å². The van der Waals surface area contributed by atoms with Gasteiger partial charge in [-0.15, -0.1) is 0 Å². The molecule has 2 atom stereocenters. The van der Waals surface area contributed by atoms with Crippen LogP contribution in [0, 0.1) is 6.42 Å². The van der Waals surface area contributed by atoms with E-state index in [2.05, 4.69) is 44.5 Å². The molecule has 0 nitrogen and oxygen atoms in total. The molecule has 1 aromatic carbocycles. The van der Waals surface area contributed by atoms with Crippen LogP contribution in [-0.4, -0.2) is 0 Å². The number of fused-ring (bicyclic) bond motifs is 1. The van der Waals surface area contributed by atoms with Gasteiger partial charge in [0.05, 0.1) is 0 Å². The Hall–Kier alpha value is -0.780. The third-order valence-electron chi connectivity index (χ3n) is 2.55. The fourth-order valence-electron chi connectivity index (χ4n) is 1.98. The van der Waals surface area contributed by atoms with Crippen molar-refractivity contribution < 1.29 is 0 Å². The van der Waals surface area contributed by atoms with Crippen molar-refractivity contribution in [2.45, 2.75) is 25.7 Å². The van der Waals surface area contributed by atoms with Gasteiger partial charge in [0.25, 0.3) is 0 Å². The van der Waals surface area contributed by atoms with Crippen LogP contribution >= 0.6 is 0 Å². The summed E-state index contributed by atoms with van der Waals surface area (Å²) in [4.78, 5) is 0. The Bertz CT molecular complexity index is 235. The highest BCUT2D eigenvalue weighted by Gasteiger charge is 2.23. The van der Waals surface area contributed by atoms with E-state index in [0.29, 0.717) is 11.8 Å². The van der Waals surface area contributed by atoms with Crippen LogP contribution in [0.5, 0.6) is 0 Å². The topological polar surface area (TPSA) is 0 Å². The van der Waals surface area contributed by atoms with Gasteiger partial charge in [0, 0.05) is 0 Å². The van der Waals surface area contributed by atoms with Crippen LogP contribution in [0.3, 0.4) is 0 Å². The zero-order valence-corrected chi connectivity index (χ0v) is 7.04. The molecule has 1 radical (unpaired) electrons. The third kappa shape index (κ3) is 0.973. The predicted octanol–water partition coefficient (Wildman–Crippen LogP) is 3.11. The molecule has 0 fully saturated rings. The predicted molar refractivity (Wildman–Crippen MR) is 47.6 cm³/mol. The van der Waals surface area contributed by atoms with Crippen LogP contribution in [0.4, 0.5) is 0 Å². The van der Waals surface area contributed by atoms with Crippen molar-refractivity contribution in [1.82, 2.24) is 0 Å². The first-order chi connectivity index (χ1) is 5.29. The lowest BCUT2D eigenvalue weighted by molar-refractivity contribution is 0.839. The second-order valence-electron chi connectivity index (χ2n) is 3.40. The summed E-state index contributed by atoms with van der Waals surface area (Å²) in [7, 11) is 0. The minimum absolute atomic E-state index is 0.654. The van der Waals surface area contributed by atoms with Crippen LogP contribution in [0.15, 0.2) is 24.3 Å². The summed E-state index contributed by atoms with van der Waals surface area (Å²) in [5, 5.41) is 0. The Morgan fingerprint density at radius 2 is 1.36 bits per heavy atom. The van der Waals surface area contributed by atoms with Gasteiger partial charge in [-0.3, -0.25) is 0 Å². The molecular formula is C11H13. The van der Waals surface area contributed by atoms with Crippen LogP contribution in [-0.2, 0) is 0 Å². The van der Waals surface area contributed by atoms with E-state index in [1.54, 1.807) is 0 Å². The smallest absolute Gasteiger partial charge is 0.0150 e. The molecule has 57 valence electrons. The third-order valence-corrected chi connectivity index (χ3v) is 2.55. The van der Waals surface area contributed by atoms with Crippen LogP contribution in [0.2, 0.25) is 0 Å². The normalized spacial score (nSPS) is 28.5. The molecule has 2 rings (SSSR count). The molecular weight excluding hydrogens is 132 g/mol. The van der Waals surface area contributed by atoms with E-state index in [1.165, 1.54) is 11.1 Å². The second-order valence-corrected chi connectivity index (χ2v) is 3.40. The Kier molecular flexibility index (Phi) is 1.49. The van der Waals surface area contributed by atoms with Gasteiger partial charge in [-0.1, -0.05) is 38.1 Å². The van der Waals surface area contributed by atoms with Crippen LogP contribution in [0.1, 0.15) is 36.8 Å². The SMILES string of the molecule is CC1[CH]C(C)c2ccccc21. The molecule has 0 heteroatoms. The van der Waals surface area contributed by atoms with Crippen molar-refractivity contribution >= 4 is 0 Å². The summed E-state index contributed by atoms with van der Waals surface area (Å²) in [5.41, 5.74) is 3.03. The number of hydrogen-bond acceptors (Lipinski definition) is 0. The maximum absolute atomic E-state index is 2.41. The maximum Gasteiger partial charge on any atom is -0.0150 e. The minimum atomic E-state index is 0.654. The lowest BCUT2D eigenvalue weighted by Gasteiger charge is -2.01. The van der Waals surface area contributed by atoms with Crippen molar-refractivity contribution in [3.8, 4) is 0 Å². The van der Waals surface area contributed by atoms with Gasteiger partial charge in [-0.05, 0) is 29.4 Å². The number of rotatable bonds is 0. The zero-order chi connectivity index (χ0) is 7.84. The summed E-state index contributed by atoms with van der Waals surface area (Å²) in [6.07, 6.45) is 2.41. The first-order valence-electron chi connectivity index (χ1n) is 4.23. The Balaban J connectivity index is 2.52. The quantitative estimate of drug-likeness (QED) is 0.526. The number of hydrogen-bond donors (Lipinski definition) is 0. The Morgan fingerprint density at radius 3 is 1.82 bits per heavy atom. The fourth-order valence-corrected chi connectivity index (χ4v) is 1.98. The van der Waals surface area contributed by atoms with Crippen LogP contribution < -0.4 is 0 Å². The van der Waals surface area contributed by atoms with Crippen molar-refractivity contribution in [2.24, 2.45) is 0 Å². The summed E-state index contributed by atoms with van der Waals surface area (Å²) < 4.78 is 0. The lowest BCUT2D eigenvalue weighted by Crippen LogP contribution is -1.84. The van der Waals surface area contributed by atoms with Gasteiger partial charge < -0.3 is 0 Å². The lowest BCUT2D eigenvalue weighted by atomic mass is 10.0. The van der Waals surface area contributed by atoms with Gasteiger partial charge in [0.2, 0.25) is 0 Å². The summed E-state index contributed by atoms with van der Waals surface area (Å²) in [5.74, 6) is 1.31. The van der Waals surface area contributed by atoms with Gasteiger partial charge in [0.1, 0.15) is 0 Å². The molecule has 0 aliphatic heterocycles. The molecule has 1 aliphatic carbocycles. The Morgan fingerprint density at radius 1 is 0.909 bits per heavy atom. The molecule has 0 bridgehead atoms. The molecule has 0 saturated heterocycles. The molecule has 11 heavy (non-hydrogen) atoms. The molecule has 0 heterocycles. The van der Waals surface area contributed by atoms with E-state index < -0.39 is 0 Å². The second kappa shape index (κ2) is 2.37. The van der Waals surface area contributed by atoms with Gasteiger partial charge in [-0.2, -0.15) is 0 Å². The monoisotopic (exact) mass is 145 g/mol. The van der Waals surface area contributed by atoms with Crippen molar-refractivity contribution in [3.63, 3.8) is 0 Å². The van der Waals surface area contributed by atoms with E-state index >= 15 is 0 Å². The fraction of sp³-hybridized carbons (Fsp3) is 0.364. The highest BCUT2D eigenvalue weighted by molar-refractivity contribution is 5.41. The summed E-state index contributed by atoms with van der Waals surface area (Å²) in [6, 6.07) is 8.72. The van der Waals surface area contributed by atoms with E-state index in [4.69, 9.17) is 0 Å². The number of benzene rings is 1. The average molecular weight is 145 g/mol. The first kappa shape index (κ1) is 6.90. The van der Waals surface area contributed by atoms with Crippen molar-refractivity contribution in [3.05, 3.63) is 41.8 Å². The van der Waals surface area contributed by atoms with Crippen molar-refractivity contribution in [1.29, 1.82) is 0 Å². The summed E-state index contributed by atoms with van der Waals surface area (Å²) >= 11 is 0. The molecule has 0 amide bonds. The van der Waals surface area contributed by atoms with Crippen LogP contribution in [0.25, 0.3) is 0 Å². The zero-order valence-electron chi connectivity index (χ0n) is 7.04. The molecule has 0 aromatic heterocycles. The maximum atomic E-state index is 2.41. The van der Waals surface area contributed by atoms with E-state index in [0.717, 1.165) is 0 Å². The van der Waals surface area contributed by atoms with Crippen molar-refractivity contribution in [2.75, 3.05) is 0 Å². The molecule has 1 aliphatic rings. The molecule has 1 aromatic rings. The molecule has 0 saturated carbocycles. The highest BCUT2D eigenvalue weighted by Crippen LogP contribution is 2.39. The Labute approximate surface area is 68.3 Å². The standard InChI is InChI=1S/C11H13/c1-8-7-9(2)11-6-4-3-5-10(8)11/h3-9H,1-2H3. The van der Waals surface area contributed by atoms with Gasteiger partial charge in [0.15, 0.2) is 0 Å². The van der Waals surface area contributed by atoms with E-state index in [1.807, 2.05) is 0 Å². The van der Waals surface area contributed by atoms with Gasteiger partial charge in [-0.25, -0.2) is 0 Å².